The molecule has 3 fully saturated rings. The number of hydrogen-bond donors (Lipinski definition) is 5. The highest BCUT2D eigenvalue weighted by atomic mass is 19.3. The van der Waals surface area contributed by atoms with Gasteiger partial charge in [-0.3, -0.25) is 48.1 Å². The van der Waals surface area contributed by atoms with Crippen LogP contribution in [0.2, 0.25) is 0 Å². The molecule has 0 saturated carbocycles. The summed E-state index contributed by atoms with van der Waals surface area (Å²) < 4.78 is 141. The van der Waals surface area contributed by atoms with Gasteiger partial charge >= 0.3 is 13.7 Å². The summed E-state index contributed by atoms with van der Waals surface area (Å²) in [6.45, 7) is 39.4. The van der Waals surface area contributed by atoms with Gasteiger partial charge in [0.25, 0.3) is 16.7 Å². The maximum Gasteiger partial charge on any atom is 0.492 e. The number of nitrogens with zero attached hydrogens (tertiary/aromatic N) is 4. The van der Waals surface area contributed by atoms with E-state index < -0.39 is 36.0 Å². The van der Waals surface area contributed by atoms with Crippen molar-refractivity contribution in [1.29, 1.82) is 0 Å². The van der Waals surface area contributed by atoms with E-state index in [4.69, 9.17) is 57.0 Å². The monoisotopic (exact) mass is 1870 g/mol. The van der Waals surface area contributed by atoms with E-state index in [1.54, 1.807) is 77.1 Å². The lowest BCUT2D eigenvalue weighted by Crippen LogP contribution is -2.41. The van der Waals surface area contributed by atoms with Crippen LogP contribution in [-0.2, 0) is 84.4 Å². The summed E-state index contributed by atoms with van der Waals surface area (Å²) in [5, 5.41) is 35.0. The molecule has 7 aromatic rings. The van der Waals surface area contributed by atoms with Crippen molar-refractivity contribution < 1.29 is 98.7 Å². The van der Waals surface area contributed by atoms with Crippen LogP contribution in [0.4, 0.5) is 22.0 Å². The molecule has 4 aromatic carbocycles. The zero-order valence-corrected chi connectivity index (χ0v) is 82.2. The molecule has 0 spiro atoms. The fourth-order valence-electron chi connectivity index (χ4n) is 16.4. The maximum absolute atomic E-state index is 15.0. The lowest BCUT2D eigenvalue weighted by atomic mass is 9.76. The van der Waals surface area contributed by atoms with Crippen LogP contribution in [0.5, 0.6) is 5.75 Å². The Morgan fingerprint density at radius 1 is 0.504 bits per heavy atom. The Bertz CT molecular complexity index is 5210. The van der Waals surface area contributed by atoms with Crippen molar-refractivity contribution in [3.8, 4) is 5.75 Å². The molecule has 0 aliphatic carbocycles. The van der Waals surface area contributed by atoms with E-state index in [9.17, 15) is 51.3 Å². The largest absolute Gasteiger partial charge is 0.499 e. The van der Waals surface area contributed by atoms with E-state index in [1.165, 1.54) is 51.2 Å². The van der Waals surface area contributed by atoms with E-state index in [0.29, 0.717) is 173 Å². The number of aliphatic hydroxyl groups is 3. The predicted octanol–water partition coefficient (Wildman–Crippen LogP) is 18.2. The first-order valence-corrected chi connectivity index (χ1v) is 47.0. The number of alkyl halides is 2. The van der Waals surface area contributed by atoms with E-state index in [1.807, 2.05) is 31.4 Å². The minimum absolute atomic E-state index is 0.0137. The highest BCUT2D eigenvalue weighted by Crippen LogP contribution is 2.41. The molecule has 9 aliphatic rings. The van der Waals surface area contributed by atoms with Crippen LogP contribution < -0.4 is 21.4 Å². The number of aromatic nitrogens is 6. The van der Waals surface area contributed by atoms with Crippen molar-refractivity contribution in [2.75, 3.05) is 53.4 Å². The number of ether oxygens (including phenoxy) is 10. The van der Waals surface area contributed by atoms with Gasteiger partial charge in [0, 0.05) is 49.8 Å². The van der Waals surface area contributed by atoms with E-state index in [-0.39, 0.29) is 96.3 Å². The molecule has 9 aliphatic heterocycles. The van der Waals surface area contributed by atoms with Crippen molar-refractivity contribution in [3.05, 3.63) is 185 Å². The van der Waals surface area contributed by atoms with Crippen LogP contribution in [-0.4, -0.2) is 195 Å². The third-order valence-electron chi connectivity index (χ3n) is 25.9. The van der Waals surface area contributed by atoms with Crippen LogP contribution in [0, 0.1) is 59.9 Å². The Morgan fingerprint density at radius 2 is 0.947 bits per heavy atom. The molecule has 0 amide bonds. The SMILES string of the molecule is CC(C)C1CC=C(B2OC(C)(C)C(C)(C)O2)CO1.CC(C)C1CC=C(c2cc3[nH]n(C)c(=O)c3cc2F)CO1.CC(C)C1CCC(=O)CO1.CC(C)C1CCC(O)CO1.CC(C)C1CCC=CO1.CC(O)C1CC=C(c2cc3[nH]n(C)c(=O)c3cc2F)CO1.COC1=CCC(C(C)C)OC1.Cc1ccc(OC(F)F)c(Cn2c3cc(C4=CCC(C(C)O)OC4)c(F)cc3c(=O)n2C)c1. The van der Waals surface area contributed by atoms with Crippen molar-refractivity contribution in [3.63, 3.8) is 0 Å². The highest BCUT2D eigenvalue weighted by Gasteiger charge is 2.53. The van der Waals surface area contributed by atoms with Crippen LogP contribution in [0.1, 0.15) is 223 Å². The van der Waals surface area contributed by atoms with E-state index in [2.05, 4.69) is 144 Å². The van der Waals surface area contributed by atoms with Crippen LogP contribution in [0.25, 0.3) is 49.4 Å². The first-order valence-electron chi connectivity index (χ1n) is 47.0. The number of hydrogen-bond acceptors (Lipinski definition) is 19. The van der Waals surface area contributed by atoms with Gasteiger partial charge in [0.15, 0.2) is 5.78 Å². The van der Waals surface area contributed by atoms with Gasteiger partial charge in [-0.05, 0) is 225 Å². The molecule has 3 aromatic heterocycles. The summed E-state index contributed by atoms with van der Waals surface area (Å²) in [7, 11) is 6.19. The summed E-state index contributed by atoms with van der Waals surface area (Å²) in [5.41, 5.74) is 6.14. The molecule has 736 valence electrons. The van der Waals surface area contributed by atoms with Crippen molar-refractivity contribution >= 4 is 62.3 Å². The van der Waals surface area contributed by atoms with Gasteiger partial charge in [-0.2, -0.15) is 8.78 Å². The number of allylic oxidation sites excluding steroid dienone is 1. The topological polar surface area (TPSA) is 291 Å². The number of aryl methyl sites for hydroxylation is 3. The highest BCUT2D eigenvalue weighted by molar-refractivity contribution is 6.54. The number of ketones is 1. The number of carbonyl (C=O) groups excluding carboxylic acids is 1. The lowest BCUT2D eigenvalue weighted by Gasteiger charge is -2.32. The summed E-state index contributed by atoms with van der Waals surface area (Å²) in [6.07, 6.45) is 23.7. The van der Waals surface area contributed by atoms with Gasteiger partial charge in [-0.25, -0.2) is 13.2 Å². The lowest BCUT2D eigenvalue weighted by molar-refractivity contribution is -0.133. The second kappa shape index (κ2) is 49.5. The molecule has 0 bridgehead atoms. The molecule has 11 atom stereocenters. The molecule has 25 nitrogen and oxygen atoms in total. The van der Waals surface area contributed by atoms with Gasteiger partial charge in [0.05, 0.1) is 158 Å². The number of fused-ring (bicyclic) bond motifs is 3. The fraction of sp³-hybridized carbons (Fsp3) is 0.608. The van der Waals surface area contributed by atoms with Crippen LogP contribution in [0.3, 0.4) is 0 Å². The molecular formula is C102H146BF5N6O19. The zero-order chi connectivity index (χ0) is 97.8. The van der Waals surface area contributed by atoms with Crippen molar-refractivity contribution in [2.24, 2.45) is 56.7 Å². The smallest absolute Gasteiger partial charge is 0.492 e. The number of nitrogens with one attached hydrogen (secondary N) is 2. The molecule has 133 heavy (non-hydrogen) atoms. The number of aromatic amines is 2. The quantitative estimate of drug-likeness (QED) is 0.0418. The van der Waals surface area contributed by atoms with Gasteiger partial charge in [0.2, 0.25) is 0 Å². The van der Waals surface area contributed by atoms with Crippen LogP contribution >= 0.6 is 0 Å². The van der Waals surface area contributed by atoms with Gasteiger partial charge < -0.3 is 72.0 Å². The number of aliphatic hydroxyl groups excluding tert-OH is 3. The second-order valence-electron chi connectivity index (χ2n) is 38.9. The number of benzene rings is 4. The summed E-state index contributed by atoms with van der Waals surface area (Å²) in [4.78, 5) is 47.1. The zero-order valence-electron chi connectivity index (χ0n) is 82.2. The Kier molecular flexibility index (Phi) is 40.2. The molecule has 5 N–H and O–H groups in total. The molecular weight excluding hydrogens is 1720 g/mol. The predicted molar refractivity (Wildman–Crippen MR) is 511 cm³/mol. The van der Waals surface area contributed by atoms with Gasteiger partial charge in [0.1, 0.15) is 48.3 Å². The van der Waals surface area contributed by atoms with Gasteiger partial charge in [-0.15, -0.1) is 0 Å². The van der Waals surface area contributed by atoms with Crippen molar-refractivity contribution in [2.45, 2.75) is 294 Å². The average Bonchev–Trinajstić information content (AvgIpc) is 1.62. The summed E-state index contributed by atoms with van der Waals surface area (Å²) in [6, 6.07) is 13.5. The first-order chi connectivity index (χ1) is 62.8. The number of methoxy groups -OCH3 is 1. The first kappa shape index (κ1) is 108. The normalized spacial score (nSPS) is 23.3. The second-order valence-corrected chi connectivity index (χ2v) is 38.9. The molecule has 3 saturated heterocycles. The molecule has 31 heteroatoms. The molecule has 16 rings (SSSR count). The fourth-order valence-corrected chi connectivity index (χ4v) is 16.4. The summed E-state index contributed by atoms with van der Waals surface area (Å²) in [5.74, 6) is 3.25. The Labute approximate surface area is 780 Å². The number of Topliss-reactive ketones (excluding diaryl/α,β-unsaturated/α-hetero) is 1. The molecule has 0 radical (unpaired) electrons. The van der Waals surface area contributed by atoms with Crippen LogP contribution in [0.15, 0.2) is 123 Å². The minimum Gasteiger partial charge on any atom is -0.499 e. The van der Waals surface area contributed by atoms with Gasteiger partial charge in [-0.1, -0.05) is 125 Å². The number of rotatable bonds is 17. The van der Waals surface area contributed by atoms with E-state index >= 15 is 0 Å². The Morgan fingerprint density at radius 3 is 1.33 bits per heavy atom. The molecule has 12 heterocycles. The minimum atomic E-state index is -2.99. The Hall–Kier alpha value is -8.57. The third kappa shape index (κ3) is 29.7. The van der Waals surface area contributed by atoms with E-state index in [0.717, 1.165) is 66.5 Å². The standard InChI is InChI=1S/C24H25F3N2O4.C16H19FN2O2.C15H17FN2O3.C14H25BO3.C9H16O2.C8H16O2.C8H14O2.C8H14O/c1-13-4-6-22(33-24(26)27)16(8-13)11-29-20-10-17(15-5-7-21(14(2)30)32-12-15)19(25)9-18(20)23(31)28(29)3;1-9(2)15-5-4-10(8-21-15)11-7-14-12(6-13(11)17)16(20)19(3)18-14;1-8(19)14-4-3-9(7-21-14)10-6-13-11(5-12(10)16)15(20)18(2)17-13;1-10(2)12-8-7-11(9-16-12)15-17-13(3,4)14(5,6)18-15;1-7(2)9-5-4-8(10-3)6-11-9;2*1-6(2)8-4-3-7(9)5-10-8;1-7(2)8-5-3-4-6-9-8/h4-6,8-10,14,21,24,30H,7,11-12H2,1-3H3;4,6-7,9,15,18H,5,8H2,1-3H3;3,5-6,8,14,17,19H,4,7H2,1-2H3;7,10,12H,8-9H2,1-6H3;4,7,9H,5-6H2,1-3H3;6-9H,3-5H2,1-2H3;6,8H,3-5H2,1-2H3;4,6-8H,3,5H2,1-2H3. The van der Waals surface area contributed by atoms with Crippen molar-refractivity contribution in [1.82, 2.24) is 28.9 Å². The average molecular weight is 1870 g/mol. The third-order valence-corrected chi connectivity index (χ3v) is 25.9. The number of halogens is 5. The molecule has 11 unspecified atom stereocenters. The summed E-state index contributed by atoms with van der Waals surface area (Å²) >= 11 is 0. The maximum atomic E-state index is 15.0. The Balaban J connectivity index is 0.000000178. The number of carbonyl (C=O) groups is 1. The number of H-pyrrole nitrogens is 2.